The van der Waals surface area contributed by atoms with Crippen molar-refractivity contribution in [1.82, 2.24) is 4.98 Å². The molecule has 1 N–H and O–H groups in total. The van der Waals surface area contributed by atoms with Crippen LogP contribution in [0.2, 0.25) is 0 Å². The summed E-state index contributed by atoms with van der Waals surface area (Å²) < 4.78 is 5.57. The van der Waals surface area contributed by atoms with E-state index < -0.39 is 0 Å². The third-order valence-electron chi connectivity index (χ3n) is 2.39. The lowest BCUT2D eigenvalue weighted by molar-refractivity contribution is 0.242. The van der Waals surface area contributed by atoms with Crippen LogP contribution < -0.4 is 10.1 Å². The van der Waals surface area contributed by atoms with E-state index in [1.54, 1.807) is 18.3 Å². The van der Waals surface area contributed by atoms with Crippen LogP contribution in [-0.2, 0) is 0 Å². The average molecular weight is 253 g/mol. The SMILES string of the molecule is CC(C)Oc1ccc(Nc2cc(C#N)ccn2)cc1. The van der Waals surface area contributed by atoms with Gasteiger partial charge in [-0.2, -0.15) is 5.26 Å². The maximum Gasteiger partial charge on any atom is 0.131 e. The van der Waals surface area contributed by atoms with E-state index in [4.69, 9.17) is 10.00 Å². The van der Waals surface area contributed by atoms with Crippen molar-refractivity contribution in [2.24, 2.45) is 0 Å². The van der Waals surface area contributed by atoms with Crippen LogP contribution in [0.25, 0.3) is 0 Å². The quantitative estimate of drug-likeness (QED) is 0.906. The Labute approximate surface area is 112 Å². The fraction of sp³-hybridized carbons (Fsp3) is 0.200. The smallest absolute Gasteiger partial charge is 0.131 e. The zero-order valence-electron chi connectivity index (χ0n) is 10.9. The van der Waals surface area contributed by atoms with E-state index in [1.807, 2.05) is 38.1 Å². The van der Waals surface area contributed by atoms with Crippen molar-refractivity contribution in [2.75, 3.05) is 5.32 Å². The van der Waals surface area contributed by atoms with E-state index in [1.165, 1.54) is 0 Å². The molecule has 0 atom stereocenters. The predicted octanol–water partition coefficient (Wildman–Crippen LogP) is 3.48. The van der Waals surface area contributed by atoms with Crippen molar-refractivity contribution >= 4 is 11.5 Å². The molecule has 0 radical (unpaired) electrons. The van der Waals surface area contributed by atoms with Gasteiger partial charge in [0.1, 0.15) is 11.6 Å². The van der Waals surface area contributed by atoms with E-state index in [9.17, 15) is 0 Å². The minimum absolute atomic E-state index is 0.160. The summed E-state index contributed by atoms with van der Waals surface area (Å²) in [4.78, 5) is 4.16. The van der Waals surface area contributed by atoms with E-state index in [0.717, 1.165) is 11.4 Å². The zero-order valence-corrected chi connectivity index (χ0v) is 10.9. The molecule has 0 unspecified atom stereocenters. The number of ether oxygens (including phenoxy) is 1. The van der Waals surface area contributed by atoms with Crippen LogP contribution in [0.3, 0.4) is 0 Å². The molecule has 0 aliphatic rings. The first-order valence-electron chi connectivity index (χ1n) is 6.07. The number of nitriles is 1. The lowest BCUT2D eigenvalue weighted by atomic mass is 10.2. The largest absolute Gasteiger partial charge is 0.491 e. The number of nitrogens with one attached hydrogen (secondary N) is 1. The van der Waals surface area contributed by atoms with Gasteiger partial charge in [-0.3, -0.25) is 0 Å². The molecule has 0 aliphatic heterocycles. The van der Waals surface area contributed by atoms with Gasteiger partial charge < -0.3 is 10.1 Å². The molecule has 0 saturated carbocycles. The molecule has 1 aromatic carbocycles. The van der Waals surface area contributed by atoms with Gasteiger partial charge in [0.15, 0.2) is 0 Å². The number of nitrogens with zero attached hydrogens (tertiary/aromatic N) is 2. The Kier molecular flexibility index (Phi) is 3.99. The summed E-state index contributed by atoms with van der Waals surface area (Å²) in [6.07, 6.45) is 1.77. The fourth-order valence-corrected chi connectivity index (χ4v) is 1.61. The minimum atomic E-state index is 0.160. The fourth-order valence-electron chi connectivity index (χ4n) is 1.61. The molecule has 19 heavy (non-hydrogen) atoms. The van der Waals surface area contributed by atoms with Crippen LogP contribution in [-0.4, -0.2) is 11.1 Å². The summed E-state index contributed by atoms with van der Waals surface area (Å²) >= 11 is 0. The summed E-state index contributed by atoms with van der Waals surface area (Å²) in [5, 5.41) is 12.0. The molecule has 0 fully saturated rings. The number of benzene rings is 1. The van der Waals surface area contributed by atoms with E-state index in [0.29, 0.717) is 11.4 Å². The number of hydrogen-bond donors (Lipinski definition) is 1. The second-order valence-corrected chi connectivity index (χ2v) is 4.36. The van der Waals surface area contributed by atoms with Crippen LogP contribution in [0.15, 0.2) is 42.6 Å². The second kappa shape index (κ2) is 5.87. The standard InChI is InChI=1S/C15H15N3O/c1-11(2)19-14-5-3-13(4-6-14)18-15-9-12(10-16)7-8-17-15/h3-9,11H,1-2H3,(H,17,18). The van der Waals surface area contributed by atoms with Gasteiger partial charge in [0.05, 0.1) is 17.7 Å². The van der Waals surface area contributed by atoms with Gasteiger partial charge in [-0.25, -0.2) is 4.98 Å². The summed E-state index contributed by atoms with van der Waals surface area (Å²) in [5.41, 5.74) is 1.48. The Morgan fingerprint density at radius 3 is 2.58 bits per heavy atom. The maximum atomic E-state index is 8.83. The molecule has 0 bridgehead atoms. The number of anilines is 2. The predicted molar refractivity (Wildman–Crippen MR) is 74.4 cm³/mol. The topological polar surface area (TPSA) is 57.9 Å². The van der Waals surface area contributed by atoms with E-state index >= 15 is 0 Å². The van der Waals surface area contributed by atoms with Crippen molar-refractivity contribution < 1.29 is 4.74 Å². The Hall–Kier alpha value is -2.54. The highest BCUT2D eigenvalue weighted by Crippen LogP contribution is 2.20. The lowest BCUT2D eigenvalue weighted by Crippen LogP contribution is -2.05. The highest BCUT2D eigenvalue weighted by atomic mass is 16.5. The van der Waals surface area contributed by atoms with Gasteiger partial charge in [0.2, 0.25) is 0 Å². The molecule has 2 aromatic rings. The summed E-state index contributed by atoms with van der Waals surface area (Å²) in [6.45, 7) is 3.98. The normalized spacial score (nSPS) is 10.0. The van der Waals surface area contributed by atoms with Gasteiger partial charge in [0, 0.05) is 11.9 Å². The lowest BCUT2D eigenvalue weighted by Gasteiger charge is -2.10. The third-order valence-corrected chi connectivity index (χ3v) is 2.39. The van der Waals surface area contributed by atoms with Crippen molar-refractivity contribution in [3.8, 4) is 11.8 Å². The van der Waals surface area contributed by atoms with Crippen LogP contribution >= 0.6 is 0 Å². The molecular weight excluding hydrogens is 238 g/mol. The maximum absolute atomic E-state index is 8.83. The Bertz CT molecular complexity index is 585. The van der Waals surface area contributed by atoms with Gasteiger partial charge in [0.25, 0.3) is 0 Å². The van der Waals surface area contributed by atoms with Gasteiger partial charge in [-0.05, 0) is 50.2 Å². The molecule has 1 heterocycles. The van der Waals surface area contributed by atoms with Gasteiger partial charge in [-0.15, -0.1) is 0 Å². The van der Waals surface area contributed by atoms with Crippen LogP contribution in [0.1, 0.15) is 19.4 Å². The Balaban J connectivity index is 2.09. The van der Waals surface area contributed by atoms with Crippen LogP contribution in [0, 0.1) is 11.3 Å². The van der Waals surface area contributed by atoms with Gasteiger partial charge in [-0.1, -0.05) is 0 Å². The van der Waals surface area contributed by atoms with Crippen LogP contribution in [0.5, 0.6) is 5.75 Å². The molecule has 96 valence electrons. The molecule has 4 nitrogen and oxygen atoms in total. The van der Waals surface area contributed by atoms with Crippen molar-refractivity contribution in [3.05, 3.63) is 48.2 Å². The van der Waals surface area contributed by atoms with Crippen molar-refractivity contribution in [3.63, 3.8) is 0 Å². The number of rotatable bonds is 4. The highest BCUT2D eigenvalue weighted by molar-refractivity contribution is 5.58. The van der Waals surface area contributed by atoms with Crippen LogP contribution in [0.4, 0.5) is 11.5 Å². The molecule has 2 rings (SSSR count). The zero-order chi connectivity index (χ0) is 13.7. The molecule has 0 amide bonds. The average Bonchev–Trinajstić information content (AvgIpc) is 2.41. The number of hydrogen-bond acceptors (Lipinski definition) is 4. The Morgan fingerprint density at radius 1 is 1.21 bits per heavy atom. The van der Waals surface area contributed by atoms with E-state index in [2.05, 4.69) is 16.4 Å². The monoisotopic (exact) mass is 253 g/mol. The highest BCUT2D eigenvalue weighted by Gasteiger charge is 2.00. The molecule has 1 aromatic heterocycles. The first kappa shape index (κ1) is 12.9. The number of aromatic nitrogens is 1. The van der Waals surface area contributed by atoms with Crippen molar-refractivity contribution in [1.29, 1.82) is 5.26 Å². The summed E-state index contributed by atoms with van der Waals surface area (Å²) in [6, 6.07) is 13.1. The summed E-state index contributed by atoms with van der Waals surface area (Å²) in [7, 11) is 0. The molecular formula is C15H15N3O. The first-order chi connectivity index (χ1) is 9.17. The molecule has 4 heteroatoms. The molecule has 0 spiro atoms. The van der Waals surface area contributed by atoms with E-state index in [-0.39, 0.29) is 6.10 Å². The van der Waals surface area contributed by atoms with Gasteiger partial charge >= 0.3 is 0 Å². The minimum Gasteiger partial charge on any atom is -0.491 e. The second-order valence-electron chi connectivity index (χ2n) is 4.36. The Morgan fingerprint density at radius 2 is 1.95 bits per heavy atom. The molecule has 0 aliphatic carbocycles. The third kappa shape index (κ3) is 3.71. The molecule has 0 saturated heterocycles. The summed E-state index contributed by atoms with van der Waals surface area (Å²) in [5.74, 6) is 1.48. The van der Waals surface area contributed by atoms with Crippen molar-refractivity contribution in [2.45, 2.75) is 20.0 Å². The number of pyridine rings is 1. The first-order valence-corrected chi connectivity index (χ1v) is 6.07.